The molecule has 2 aromatic carbocycles. The van der Waals surface area contributed by atoms with Gasteiger partial charge in [0, 0.05) is 6.42 Å². The van der Waals surface area contributed by atoms with Crippen LogP contribution in [-0.2, 0) is 11.2 Å². The highest BCUT2D eigenvalue weighted by Crippen LogP contribution is 2.17. The van der Waals surface area contributed by atoms with E-state index < -0.39 is 0 Å². The van der Waals surface area contributed by atoms with Crippen molar-refractivity contribution >= 4 is 5.91 Å². The minimum absolute atomic E-state index is 0.121. The Morgan fingerprint density at radius 2 is 1.79 bits per heavy atom. The van der Waals surface area contributed by atoms with E-state index in [1.165, 1.54) is 6.07 Å². The molecule has 2 aromatic rings. The minimum Gasteiger partial charge on any atom is -0.497 e. The second kappa shape index (κ2) is 8.91. The Morgan fingerprint density at radius 3 is 2.46 bits per heavy atom. The molecule has 1 amide bonds. The minimum atomic E-state index is -0.277. The topological polar surface area (TPSA) is 47.6 Å². The van der Waals surface area contributed by atoms with Crippen molar-refractivity contribution in [2.45, 2.75) is 25.8 Å². The van der Waals surface area contributed by atoms with Gasteiger partial charge in [0.2, 0.25) is 5.91 Å². The van der Waals surface area contributed by atoms with Crippen LogP contribution in [0.2, 0.25) is 0 Å². The van der Waals surface area contributed by atoms with Gasteiger partial charge in [0.1, 0.15) is 23.9 Å². The fourth-order valence-corrected chi connectivity index (χ4v) is 2.23. The normalized spacial score (nSPS) is 11.6. The van der Waals surface area contributed by atoms with Gasteiger partial charge in [-0.15, -0.1) is 0 Å². The summed E-state index contributed by atoms with van der Waals surface area (Å²) < 4.78 is 24.2. The average Bonchev–Trinajstić information content (AvgIpc) is 2.59. The number of carbonyl (C=O) groups is 1. The highest BCUT2D eigenvalue weighted by atomic mass is 19.1. The van der Waals surface area contributed by atoms with E-state index in [0.717, 1.165) is 5.75 Å². The highest BCUT2D eigenvalue weighted by molar-refractivity contribution is 5.76. The molecule has 0 aliphatic heterocycles. The number of halogens is 1. The van der Waals surface area contributed by atoms with Crippen molar-refractivity contribution in [3.8, 4) is 11.5 Å². The summed E-state index contributed by atoms with van der Waals surface area (Å²) in [6, 6.07) is 13.6. The number of methoxy groups -OCH3 is 1. The van der Waals surface area contributed by atoms with E-state index in [-0.39, 0.29) is 24.2 Å². The molecule has 0 saturated carbocycles. The van der Waals surface area contributed by atoms with Crippen molar-refractivity contribution in [1.29, 1.82) is 0 Å². The van der Waals surface area contributed by atoms with Gasteiger partial charge in [0.15, 0.2) is 0 Å². The van der Waals surface area contributed by atoms with E-state index >= 15 is 0 Å². The third kappa shape index (κ3) is 5.57. The molecular weight excluding hydrogens is 309 g/mol. The van der Waals surface area contributed by atoms with Gasteiger partial charge in [0.25, 0.3) is 0 Å². The fourth-order valence-electron chi connectivity index (χ4n) is 2.23. The zero-order chi connectivity index (χ0) is 17.4. The number of carbonyl (C=O) groups excluding carboxylic acids is 1. The van der Waals surface area contributed by atoms with E-state index in [1.807, 2.05) is 31.2 Å². The summed E-state index contributed by atoms with van der Waals surface area (Å²) in [5, 5.41) is 2.85. The molecular formula is C19H22FNO3. The third-order valence-corrected chi connectivity index (χ3v) is 3.55. The Hall–Kier alpha value is -2.56. The molecule has 0 spiro atoms. The van der Waals surface area contributed by atoms with Crippen molar-refractivity contribution in [2.24, 2.45) is 0 Å². The molecule has 0 aliphatic carbocycles. The van der Waals surface area contributed by atoms with Crippen molar-refractivity contribution in [3.05, 3.63) is 59.9 Å². The number of amides is 1. The Morgan fingerprint density at radius 1 is 1.12 bits per heavy atom. The molecule has 0 saturated heterocycles. The molecule has 5 heteroatoms. The predicted molar refractivity (Wildman–Crippen MR) is 90.8 cm³/mol. The lowest BCUT2D eigenvalue weighted by molar-refractivity contribution is -0.121. The van der Waals surface area contributed by atoms with E-state index in [0.29, 0.717) is 24.3 Å². The zero-order valence-electron chi connectivity index (χ0n) is 13.9. The van der Waals surface area contributed by atoms with Gasteiger partial charge in [-0.2, -0.15) is 0 Å². The van der Waals surface area contributed by atoms with E-state index in [1.54, 1.807) is 25.3 Å². The van der Waals surface area contributed by atoms with Gasteiger partial charge in [-0.3, -0.25) is 4.79 Å². The standard InChI is InChI=1S/C19H22FNO3/c1-14(13-24-17-10-8-16(23-2)9-11-17)21-19(22)12-7-15-5-3-4-6-18(15)20/h3-6,8-11,14H,7,12-13H2,1-2H3,(H,21,22)/t14-/m0/s1. The van der Waals surface area contributed by atoms with Crippen LogP contribution < -0.4 is 14.8 Å². The van der Waals surface area contributed by atoms with Crippen molar-refractivity contribution in [3.63, 3.8) is 0 Å². The van der Waals surface area contributed by atoms with Crippen molar-refractivity contribution < 1.29 is 18.7 Å². The first-order chi connectivity index (χ1) is 11.6. The van der Waals surface area contributed by atoms with Crippen LogP contribution in [0.4, 0.5) is 4.39 Å². The number of benzene rings is 2. The van der Waals surface area contributed by atoms with Crippen LogP contribution in [0.3, 0.4) is 0 Å². The highest BCUT2D eigenvalue weighted by Gasteiger charge is 2.10. The van der Waals surface area contributed by atoms with Gasteiger partial charge < -0.3 is 14.8 Å². The smallest absolute Gasteiger partial charge is 0.220 e. The number of ether oxygens (including phenoxy) is 2. The van der Waals surface area contributed by atoms with Crippen LogP contribution in [0.5, 0.6) is 11.5 Å². The first-order valence-electron chi connectivity index (χ1n) is 7.88. The fraction of sp³-hybridized carbons (Fsp3) is 0.316. The molecule has 24 heavy (non-hydrogen) atoms. The molecule has 1 atom stereocenters. The SMILES string of the molecule is COc1ccc(OC[C@H](C)NC(=O)CCc2ccccc2F)cc1. The molecule has 2 rings (SSSR count). The second-order valence-electron chi connectivity index (χ2n) is 5.55. The van der Waals surface area contributed by atoms with E-state index in [4.69, 9.17) is 9.47 Å². The first-order valence-corrected chi connectivity index (χ1v) is 7.88. The molecule has 0 fully saturated rings. The lowest BCUT2D eigenvalue weighted by atomic mass is 10.1. The Kier molecular flexibility index (Phi) is 6.61. The molecule has 0 bridgehead atoms. The quantitative estimate of drug-likeness (QED) is 0.807. The number of nitrogens with one attached hydrogen (secondary N) is 1. The maximum absolute atomic E-state index is 13.5. The van der Waals surface area contributed by atoms with Crippen LogP contribution in [0, 0.1) is 5.82 Å². The average molecular weight is 331 g/mol. The largest absolute Gasteiger partial charge is 0.497 e. The lowest BCUT2D eigenvalue weighted by Crippen LogP contribution is -2.36. The van der Waals surface area contributed by atoms with Gasteiger partial charge in [-0.05, 0) is 49.2 Å². The maximum Gasteiger partial charge on any atom is 0.220 e. The van der Waals surface area contributed by atoms with Crippen molar-refractivity contribution in [1.82, 2.24) is 5.32 Å². The Bertz CT molecular complexity index is 658. The van der Waals surface area contributed by atoms with Crippen LogP contribution in [0.25, 0.3) is 0 Å². The third-order valence-electron chi connectivity index (χ3n) is 3.55. The number of hydrogen-bond donors (Lipinski definition) is 1. The monoisotopic (exact) mass is 331 g/mol. The van der Waals surface area contributed by atoms with Crippen LogP contribution in [0.15, 0.2) is 48.5 Å². The second-order valence-corrected chi connectivity index (χ2v) is 5.55. The van der Waals surface area contributed by atoms with Gasteiger partial charge in [-0.25, -0.2) is 4.39 Å². The molecule has 0 heterocycles. The molecule has 1 N–H and O–H groups in total. The van der Waals surface area contributed by atoms with Gasteiger partial charge in [-0.1, -0.05) is 18.2 Å². The first kappa shape index (κ1) is 17.8. The summed E-state index contributed by atoms with van der Waals surface area (Å²) >= 11 is 0. The number of hydrogen-bond acceptors (Lipinski definition) is 3. The Labute approximate surface area is 141 Å². The van der Waals surface area contributed by atoms with Crippen LogP contribution in [-0.4, -0.2) is 25.7 Å². The lowest BCUT2D eigenvalue weighted by Gasteiger charge is -2.15. The molecule has 4 nitrogen and oxygen atoms in total. The molecule has 0 aliphatic rings. The van der Waals surface area contributed by atoms with Crippen LogP contribution >= 0.6 is 0 Å². The van der Waals surface area contributed by atoms with E-state index in [9.17, 15) is 9.18 Å². The van der Waals surface area contributed by atoms with Gasteiger partial charge >= 0.3 is 0 Å². The predicted octanol–water partition coefficient (Wildman–Crippen LogP) is 3.35. The van der Waals surface area contributed by atoms with Gasteiger partial charge in [0.05, 0.1) is 13.2 Å². The van der Waals surface area contributed by atoms with E-state index in [2.05, 4.69) is 5.32 Å². The summed E-state index contributed by atoms with van der Waals surface area (Å²) in [7, 11) is 1.61. The summed E-state index contributed by atoms with van der Waals surface area (Å²) in [5.74, 6) is 1.07. The van der Waals surface area contributed by atoms with Crippen LogP contribution in [0.1, 0.15) is 18.9 Å². The summed E-state index contributed by atoms with van der Waals surface area (Å²) in [5.41, 5.74) is 0.551. The van der Waals surface area contributed by atoms with Crippen molar-refractivity contribution in [2.75, 3.05) is 13.7 Å². The summed E-state index contributed by atoms with van der Waals surface area (Å²) in [4.78, 5) is 11.9. The maximum atomic E-state index is 13.5. The number of rotatable bonds is 8. The number of aryl methyl sites for hydroxylation is 1. The molecule has 0 aromatic heterocycles. The molecule has 128 valence electrons. The zero-order valence-corrected chi connectivity index (χ0v) is 13.9. The molecule has 0 radical (unpaired) electrons. The molecule has 0 unspecified atom stereocenters. The Balaban J connectivity index is 1.72. The summed E-state index contributed by atoms with van der Waals surface area (Å²) in [6.07, 6.45) is 0.623. The summed E-state index contributed by atoms with van der Waals surface area (Å²) in [6.45, 7) is 2.22.